The quantitative estimate of drug-likeness (QED) is 0.716. The molecule has 0 aliphatic carbocycles. The average Bonchev–Trinajstić information content (AvgIpc) is 2.17. The Morgan fingerprint density at radius 2 is 2.08 bits per heavy atom. The SMILES string of the molecule is CC(O)CCC1CN2CCC1CC2. The molecule has 0 amide bonds. The summed E-state index contributed by atoms with van der Waals surface area (Å²) < 4.78 is 0. The van der Waals surface area contributed by atoms with Crippen LogP contribution in [0, 0.1) is 11.8 Å². The number of piperidine rings is 3. The normalized spacial score (nSPS) is 40.6. The minimum Gasteiger partial charge on any atom is -0.393 e. The van der Waals surface area contributed by atoms with Crippen molar-refractivity contribution >= 4 is 0 Å². The van der Waals surface area contributed by atoms with Gasteiger partial charge in [0, 0.05) is 6.54 Å². The third kappa shape index (κ3) is 2.23. The van der Waals surface area contributed by atoms with Gasteiger partial charge in [0.2, 0.25) is 0 Å². The van der Waals surface area contributed by atoms with Crippen molar-refractivity contribution in [3.8, 4) is 0 Å². The first-order valence-corrected chi connectivity index (χ1v) is 5.66. The Balaban J connectivity index is 1.80. The predicted molar refractivity (Wildman–Crippen MR) is 53.6 cm³/mol. The van der Waals surface area contributed by atoms with Gasteiger partial charge in [-0.25, -0.2) is 0 Å². The molecule has 3 saturated heterocycles. The van der Waals surface area contributed by atoms with Crippen molar-refractivity contribution in [1.29, 1.82) is 0 Å². The van der Waals surface area contributed by atoms with Gasteiger partial charge in [-0.05, 0) is 57.5 Å². The molecule has 0 saturated carbocycles. The summed E-state index contributed by atoms with van der Waals surface area (Å²) in [5.74, 6) is 1.86. The predicted octanol–water partition coefficient (Wildman–Crippen LogP) is 1.49. The number of aliphatic hydroxyl groups excluding tert-OH is 1. The van der Waals surface area contributed by atoms with E-state index in [1.807, 2.05) is 6.92 Å². The van der Waals surface area contributed by atoms with Crippen molar-refractivity contribution in [2.24, 2.45) is 11.8 Å². The summed E-state index contributed by atoms with van der Waals surface area (Å²) in [7, 11) is 0. The summed E-state index contributed by atoms with van der Waals surface area (Å²) in [5, 5.41) is 9.24. The molecule has 3 aliphatic heterocycles. The fourth-order valence-corrected chi connectivity index (χ4v) is 2.87. The monoisotopic (exact) mass is 183 g/mol. The van der Waals surface area contributed by atoms with Gasteiger partial charge in [-0.2, -0.15) is 0 Å². The number of fused-ring (bicyclic) bond motifs is 3. The molecular weight excluding hydrogens is 162 g/mol. The molecule has 0 aromatic heterocycles. The van der Waals surface area contributed by atoms with E-state index < -0.39 is 0 Å². The molecule has 0 aromatic rings. The van der Waals surface area contributed by atoms with Crippen molar-refractivity contribution < 1.29 is 5.11 Å². The second-order valence-electron chi connectivity index (χ2n) is 4.82. The molecule has 0 spiro atoms. The van der Waals surface area contributed by atoms with Crippen LogP contribution in [0.3, 0.4) is 0 Å². The van der Waals surface area contributed by atoms with Crippen molar-refractivity contribution in [1.82, 2.24) is 4.90 Å². The first-order valence-electron chi connectivity index (χ1n) is 5.66. The van der Waals surface area contributed by atoms with Crippen LogP contribution in [0.25, 0.3) is 0 Å². The number of rotatable bonds is 3. The molecule has 3 aliphatic rings. The molecule has 3 fully saturated rings. The topological polar surface area (TPSA) is 23.5 Å². The first kappa shape index (κ1) is 9.47. The Hall–Kier alpha value is -0.0800. The molecule has 2 atom stereocenters. The minimum atomic E-state index is -0.101. The van der Waals surface area contributed by atoms with E-state index in [2.05, 4.69) is 4.90 Å². The van der Waals surface area contributed by atoms with E-state index >= 15 is 0 Å². The maximum atomic E-state index is 9.24. The minimum absolute atomic E-state index is 0.101. The highest BCUT2D eigenvalue weighted by atomic mass is 16.3. The van der Waals surface area contributed by atoms with Crippen LogP contribution >= 0.6 is 0 Å². The summed E-state index contributed by atoms with van der Waals surface area (Å²) in [6, 6.07) is 0. The molecule has 3 rings (SSSR count). The van der Waals surface area contributed by atoms with Gasteiger partial charge >= 0.3 is 0 Å². The molecule has 2 heteroatoms. The Morgan fingerprint density at radius 1 is 1.38 bits per heavy atom. The van der Waals surface area contributed by atoms with Crippen LogP contribution in [0.2, 0.25) is 0 Å². The second-order valence-corrected chi connectivity index (χ2v) is 4.82. The van der Waals surface area contributed by atoms with Crippen molar-refractivity contribution in [3.05, 3.63) is 0 Å². The van der Waals surface area contributed by atoms with Gasteiger partial charge in [0.1, 0.15) is 0 Å². The molecule has 2 nitrogen and oxygen atoms in total. The van der Waals surface area contributed by atoms with E-state index in [1.54, 1.807) is 0 Å². The van der Waals surface area contributed by atoms with Gasteiger partial charge < -0.3 is 10.0 Å². The van der Waals surface area contributed by atoms with Crippen molar-refractivity contribution in [2.45, 2.75) is 38.7 Å². The molecule has 1 N–H and O–H groups in total. The van der Waals surface area contributed by atoms with Crippen LogP contribution in [-0.4, -0.2) is 35.7 Å². The Bertz CT molecular complexity index is 161. The van der Waals surface area contributed by atoms with Crippen LogP contribution < -0.4 is 0 Å². The molecular formula is C11H21NO. The fraction of sp³-hybridized carbons (Fsp3) is 1.00. The lowest BCUT2D eigenvalue weighted by Gasteiger charge is -2.45. The van der Waals surface area contributed by atoms with E-state index in [4.69, 9.17) is 0 Å². The number of nitrogens with zero attached hydrogens (tertiary/aromatic N) is 1. The summed E-state index contributed by atoms with van der Waals surface area (Å²) in [4.78, 5) is 2.59. The molecule has 76 valence electrons. The zero-order chi connectivity index (χ0) is 9.26. The van der Waals surface area contributed by atoms with Gasteiger partial charge in [-0.3, -0.25) is 0 Å². The number of hydrogen-bond acceptors (Lipinski definition) is 2. The van der Waals surface area contributed by atoms with E-state index in [0.29, 0.717) is 0 Å². The standard InChI is InChI=1S/C11H21NO/c1-9(13)2-3-11-8-12-6-4-10(11)5-7-12/h9-11,13H,2-8H2,1H3. The van der Waals surface area contributed by atoms with Gasteiger partial charge in [0.05, 0.1) is 6.10 Å². The van der Waals surface area contributed by atoms with Crippen LogP contribution in [0.15, 0.2) is 0 Å². The zero-order valence-electron chi connectivity index (χ0n) is 8.58. The molecule has 3 heterocycles. The summed E-state index contributed by atoms with van der Waals surface area (Å²) in [5.41, 5.74) is 0. The van der Waals surface area contributed by atoms with Crippen molar-refractivity contribution in [3.63, 3.8) is 0 Å². The summed E-state index contributed by atoms with van der Waals surface area (Å²) in [6.45, 7) is 5.87. The lowest BCUT2D eigenvalue weighted by Crippen LogP contribution is -2.47. The van der Waals surface area contributed by atoms with E-state index in [0.717, 1.165) is 18.3 Å². The average molecular weight is 183 g/mol. The van der Waals surface area contributed by atoms with Crippen LogP contribution in [0.5, 0.6) is 0 Å². The van der Waals surface area contributed by atoms with Gasteiger partial charge in [-0.1, -0.05) is 0 Å². The van der Waals surface area contributed by atoms with Gasteiger partial charge in [0.15, 0.2) is 0 Å². The molecule has 2 unspecified atom stereocenters. The summed E-state index contributed by atoms with van der Waals surface area (Å²) >= 11 is 0. The number of aliphatic hydroxyl groups is 1. The molecule has 0 aromatic carbocycles. The van der Waals surface area contributed by atoms with Gasteiger partial charge in [0.25, 0.3) is 0 Å². The molecule has 0 radical (unpaired) electrons. The number of hydrogen-bond donors (Lipinski definition) is 1. The lowest BCUT2D eigenvalue weighted by atomic mass is 9.77. The van der Waals surface area contributed by atoms with Crippen LogP contribution in [-0.2, 0) is 0 Å². The first-order chi connectivity index (χ1) is 6.25. The summed E-state index contributed by atoms with van der Waals surface area (Å²) in [6.07, 6.45) is 4.94. The third-order valence-corrected chi connectivity index (χ3v) is 3.75. The van der Waals surface area contributed by atoms with E-state index in [1.165, 1.54) is 38.9 Å². The highest BCUT2D eigenvalue weighted by Gasteiger charge is 2.33. The highest BCUT2D eigenvalue weighted by molar-refractivity contribution is 4.86. The maximum Gasteiger partial charge on any atom is 0.0512 e. The van der Waals surface area contributed by atoms with Crippen LogP contribution in [0.1, 0.15) is 32.6 Å². The van der Waals surface area contributed by atoms with E-state index in [9.17, 15) is 5.11 Å². The smallest absolute Gasteiger partial charge is 0.0512 e. The van der Waals surface area contributed by atoms with Crippen LogP contribution in [0.4, 0.5) is 0 Å². The highest BCUT2D eigenvalue weighted by Crippen LogP contribution is 2.34. The second kappa shape index (κ2) is 3.97. The Labute approximate surface area is 80.9 Å². The van der Waals surface area contributed by atoms with Gasteiger partial charge in [-0.15, -0.1) is 0 Å². The maximum absolute atomic E-state index is 9.24. The molecule has 13 heavy (non-hydrogen) atoms. The van der Waals surface area contributed by atoms with Crippen molar-refractivity contribution in [2.75, 3.05) is 19.6 Å². The largest absolute Gasteiger partial charge is 0.393 e. The van der Waals surface area contributed by atoms with E-state index in [-0.39, 0.29) is 6.10 Å². The Morgan fingerprint density at radius 3 is 2.54 bits per heavy atom. The molecule has 2 bridgehead atoms. The third-order valence-electron chi connectivity index (χ3n) is 3.75. The Kier molecular flexibility index (Phi) is 2.89. The zero-order valence-corrected chi connectivity index (χ0v) is 8.58. The fourth-order valence-electron chi connectivity index (χ4n) is 2.87. The lowest BCUT2D eigenvalue weighted by molar-refractivity contribution is 0.0386.